The highest BCUT2D eigenvalue weighted by atomic mass is 79.9. The van der Waals surface area contributed by atoms with Crippen molar-refractivity contribution in [1.29, 1.82) is 0 Å². The molecule has 1 fully saturated rings. The van der Waals surface area contributed by atoms with Crippen molar-refractivity contribution in [3.8, 4) is 0 Å². The Labute approximate surface area is 127 Å². The first kappa shape index (κ1) is 15.3. The summed E-state index contributed by atoms with van der Waals surface area (Å²) >= 11 is 3.34. The van der Waals surface area contributed by atoms with Gasteiger partial charge in [-0.1, -0.05) is 15.9 Å². The van der Waals surface area contributed by atoms with E-state index in [-0.39, 0.29) is 10.6 Å². The zero-order valence-electron chi connectivity index (χ0n) is 11.9. The van der Waals surface area contributed by atoms with Crippen LogP contribution in [0.1, 0.15) is 18.4 Å². The molecule has 0 saturated carbocycles. The summed E-state index contributed by atoms with van der Waals surface area (Å²) in [6.45, 7) is 2.04. The van der Waals surface area contributed by atoms with Gasteiger partial charge in [-0.3, -0.25) is 10.1 Å². The minimum Gasteiger partial charge on any atom is -0.367 e. The van der Waals surface area contributed by atoms with Crippen LogP contribution in [0, 0.1) is 10.1 Å². The molecule has 6 heteroatoms. The Morgan fingerprint density at radius 2 is 2.25 bits per heavy atom. The lowest BCUT2D eigenvalue weighted by atomic mass is 10.1. The smallest absolute Gasteiger partial charge is 0.273 e. The lowest BCUT2D eigenvalue weighted by molar-refractivity contribution is -0.385. The monoisotopic (exact) mass is 341 g/mol. The maximum atomic E-state index is 11.0. The van der Waals surface area contributed by atoms with Crippen molar-refractivity contribution in [3.05, 3.63) is 33.9 Å². The van der Waals surface area contributed by atoms with E-state index in [1.807, 2.05) is 12.1 Å². The van der Waals surface area contributed by atoms with Crippen LogP contribution in [0.15, 0.2) is 18.2 Å². The highest BCUT2D eigenvalue weighted by Gasteiger charge is 2.26. The number of nitro groups is 1. The Hall–Kier alpha value is -1.14. The summed E-state index contributed by atoms with van der Waals surface area (Å²) in [7, 11) is 4.16. The van der Waals surface area contributed by atoms with Gasteiger partial charge in [0.1, 0.15) is 0 Å². The van der Waals surface area contributed by atoms with E-state index in [2.05, 4.69) is 39.8 Å². The zero-order valence-corrected chi connectivity index (χ0v) is 13.5. The number of likely N-dealkylation sites (N-methyl/N-ethyl adjacent to an activating group) is 1. The van der Waals surface area contributed by atoms with Crippen molar-refractivity contribution in [1.82, 2.24) is 4.90 Å². The molecule has 1 aromatic carbocycles. The van der Waals surface area contributed by atoms with Crippen LogP contribution < -0.4 is 4.90 Å². The van der Waals surface area contributed by atoms with Gasteiger partial charge in [-0.2, -0.15) is 0 Å². The van der Waals surface area contributed by atoms with Crippen molar-refractivity contribution in [2.45, 2.75) is 24.2 Å². The highest BCUT2D eigenvalue weighted by Crippen LogP contribution is 2.31. The van der Waals surface area contributed by atoms with Gasteiger partial charge in [0.2, 0.25) is 0 Å². The molecular weight excluding hydrogens is 322 g/mol. The Balaban J connectivity index is 2.26. The molecule has 0 N–H and O–H groups in total. The summed E-state index contributed by atoms with van der Waals surface area (Å²) in [5, 5.41) is 11.5. The van der Waals surface area contributed by atoms with Gasteiger partial charge in [-0.25, -0.2) is 0 Å². The van der Waals surface area contributed by atoms with Crippen LogP contribution in [0.3, 0.4) is 0 Å². The van der Waals surface area contributed by atoms with Crippen molar-refractivity contribution >= 4 is 27.3 Å². The average molecular weight is 342 g/mol. The fraction of sp³-hybridized carbons (Fsp3) is 0.571. The molecule has 20 heavy (non-hydrogen) atoms. The first-order valence-corrected chi connectivity index (χ1v) is 7.89. The molecule has 1 atom stereocenters. The normalized spacial score (nSPS) is 18.8. The molecule has 1 unspecified atom stereocenters. The van der Waals surface area contributed by atoms with Gasteiger partial charge in [-0.05, 0) is 39.1 Å². The summed E-state index contributed by atoms with van der Waals surface area (Å²) in [5.74, 6) is 0. The van der Waals surface area contributed by atoms with Crippen LogP contribution in [0.25, 0.3) is 0 Å². The second kappa shape index (κ2) is 6.54. The number of rotatable bonds is 5. The summed E-state index contributed by atoms with van der Waals surface area (Å²) in [4.78, 5) is 15.2. The lowest BCUT2D eigenvalue weighted by Gasteiger charge is -2.29. The van der Waals surface area contributed by atoms with E-state index < -0.39 is 0 Å². The quantitative estimate of drug-likeness (QED) is 0.469. The van der Waals surface area contributed by atoms with Gasteiger partial charge in [-0.15, -0.1) is 0 Å². The maximum Gasteiger partial charge on any atom is 0.273 e. The molecule has 0 bridgehead atoms. The van der Waals surface area contributed by atoms with Crippen molar-refractivity contribution in [2.75, 3.05) is 32.1 Å². The van der Waals surface area contributed by atoms with Crippen LogP contribution in [0.4, 0.5) is 11.4 Å². The van der Waals surface area contributed by atoms with Gasteiger partial charge in [0, 0.05) is 41.8 Å². The van der Waals surface area contributed by atoms with Crippen LogP contribution in [-0.4, -0.2) is 43.0 Å². The van der Waals surface area contributed by atoms with Gasteiger partial charge >= 0.3 is 0 Å². The standard InChI is InChI=1S/C14H20BrN3O2/c1-16(2)10-13-4-3-7-17(13)12-5-6-14(18(19)20)11(8-12)9-15/h5-6,8,13H,3-4,7,9-10H2,1-2H3. The average Bonchev–Trinajstić information content (AvgIpc) is 2.85. The fourth-order valence-electron chi connectivity index (χ4n) is 2.82. The number of anilines is 1. The molecule has 1 saturated heterocycles. The molecule has 110 valence electrons. The molecule has 0 aliphatic carbocycles. The Morgan fingerprint density at radius 3 is 2.85 bits per heavy atom. The number of benzene rings is 1. The van der Waals surface area contributed by atoms with Crippen LogP contribution in [0.2, 0.25) is 0 Å². The maximum absolute atomic E-state index is 11.0. The minimum atomic E-state index is -0.318. The van der Waals surface area contributed by atoms with Crippen LogP contribution in [-0.2, 0) is 5.33 Å². The van der Waals surface area contributed by atoms with Gasteiger partial charge < -0.3 is 9.80 Å². The van der Waals surface area contributed by atoms with E-state index in [1.165, 1.54) is 12.8 Å². The van der Waals surface area contributed by atoms with E-state index in [0.29, 0.717) is 11.4 Å². The van der Waals surface area contributed by atoms with Crippen molar-refractivity contribution < 1.29 is 4.92 Å². The van der Waals surface area contributed by atoms with Crippen LogP contribution >= 0.6 is 15.9 Å². The number of hydrogen-bond acceptors (Lipinski definition) is 4. The Bertz CT molecular complexity index is 493. The molecule has 1 aliphatic heterocycles. The number of hydrogen-bond donors (Lipinski definition) is 0. The predicted molar refractivity (Wildman–Crippen MR) is 84.6 cm³/mol. The predicted octanol–water partition coefficient (Wildman–Crippen LogP) is 3.02. The SMILES string of the molecule is CN(C)CC1CCCN1c1ccc([N+](=O)[O-])c(CBr)c1. The number of halogens is 1. The van der Waals surface area contributed by atoms with Gasteiger partial charge in [0.15, 0.2) is 0 Å². The van der Waals surface area contributed by atoms with E-state index in [9.17, 15) is 10.1 Å². The molecule has 0 aromatic heterocycles. The molecule has 0 spiro atoms. The number of nitrogens with zero attached hydrogens (tertiary/aromatic N) is 3. The third kappa shape index (κ3) is 3.30. The van der Waals surface area contributed by atoms with E-state index in [4.69, 9.17) is 0 Å². The molecule has 2 rings (SSSR count). The molecule has 5 nitrogen and oxygen atoms in total. The van der Waals surface area contributed by atoms with Crippen molar-refractivity contribution in [3.63, 3.8) is 0 Å². The Morgan fingerprint density at radius 1 is 1.50 bits per heavy atom. The molecule has 0 amide bonds. The minimum absolute atomic E-state index is 0.189. The Kier molecular flexibility index (Phi) is 4.99. The first-order chi connectivity index (χ1) is 9.52. The summed E-state index contributed by atoms with van der Waals surface area (Å²) in [5.41, 5.74) is 2.02. The van der Waals surface area contributed by atoms with E-state index >= 15 is 0 Å². The molecule has 0 radical (unpaired) electrons. The largest absolute Gasteiger partial charge is 0.367 e. The topological polar surface area (TPSA) is 49.6 Å². The fourth-order valence-corrected chi connectivity index (χ4v) is 3.27. The summed E-state index contributed by atoms with van der Waals surface area (Å²) < 4.78 is 0. The summed E-state index contributed by atoms with van der Waals surface area (Å²) in [6, 6.07) is 5.94. The number of nitro benzene ring substituents is 1. The van der Waals surface area contributed by atoms with Gasteiger partial charge in [0.25, 0.3) is 5.69 Å². The van der Waals surface area contributed by atoms with E-state index in [1.54, 1.807) is 6.07 Å². The van der Waals surface area contributed by atoms with Crippen molar-refractivity contribution in [2.24, 2.45) is 0 Å². The molecule has 1 aliphatic rings. The third-order valence-corrected chi connectivity index (χ3v) is 4.29. The summed E-state index contributed by atoms with van der Waals surface area (Å²) in [6.07, 6.45) is 2.36. The third-order valence-electron chi connectivity index (χ3n) is 3.69. The first-order valence-electron chi connectivity index (χ1n) is 6.77. The number of alkyl halides is 1. The lowest BCUT2D eigenvalue weighted by Crippen LogP contribution is -2.37. The molecular formula is C14H20BrN3O2. The zero-order chi connectivity index (χ0) is 14.7. The second-order valence-corrected chi connectivity index (χ2v) is 6.02. The molecule has 1 heterocycles. The molecule has 1 aromatic rings. The second-order valence-electron chi connectivity index (χ2n) is 5.46. The van der Waals surface area contributed by atoms with Gasteiger partial charge in [0.05, 0.1) is 4.92 Å². The van der Waals surface area contributed by atoms with E-state index in [0.717, 1.165) is 24.3 Å². The van der Waals surface area contributed by atoms with Crippen LogP contribution in [0.5, 0.6) is 0 Å². The highest BCUT2D eigenvalue weighted by molar-refractivity contribution is 9.08.